The molecular weight excluding hydrogens is 258 g/mol. The number of carbonyl (C=O) groups is 1. The summed E-state index contributed by atoms with van der Waals surface area (Å²) in [6.45, 7) is 5.01. The number of nitrogens with zero attached hydrogens (tertiary/aromatic N) is 2. The van der Waals surface area contributed by atoms with Crippen molar-refractivity contribution >= 4 is 11.7 Å². The molecule has 20 heavy (non-hydrogen) atoms. The molecule has 6 heteroatoms. The smallest absolute Gasteiger partial charge is 0.321 e. The minimum atomic E-state index is -0.144. The van der Waals surface area contributed by atoms with E-state index in [-0.39, 0.29) is 12.1 Å². The number of hydrogen-bond acceptors (Lipinski definition) is 4. The molecule has 0 fully saturated rings. The second-order valence-electron chi connectivity index (χ2n) is 4.52. The van der Waals surface area contributed by atoms with Crippen LogP contribution in [0.4, 0.5) is 10.5 Å². The number of ether oxygens (including phenoxy) is 2. The van der Waals surface area contributed by atoms with Gasteiger partial charge in [0.15, 0.2) is 0 Å². The molecular formula is C14H23N3O3. The predicted octanol–water partition coefficient (Wildman–Crippen LogP) is 2.37. The number of anilines is 1. The zero-order valence-corrected chi connectivity index (χ0v) is 12.5. The van der Waals surface area contributed by atoms with Crippen LogP contribution in [0, 0.1) is 0 Å². The van der Waals surface area contributed by atoms with Crippen LogP contribution in [0.15, 0.2) is 18.3 Å². The third-order valence-electron chi connectivity index (χ3n) is 3.10. The van der Waals surface area contributed by atoms with Gasteiger partial charge in [-0.15, -0.1) is 0 Å². The van der Waals surface area contributed by atoms with E-state index in [1.807, 2.05) is 13.8 Å². The standard InChI is InChI=1S/C14H23N3O3/c1-5-11(2)17(3)14(18)16-12-6-7-13(15-10-12)20-9-8-19-4/h6-7,10-11H,5,8-9H2,1-4H3,(H,16,18). The van der Waals surface area contributed by atoms with Gasteiger partial charge in [0.25, 0.3) is 0 Å². The van der Waals surface area contributed by atoms with Gasteiger partial charge in [-0.1, -0.05) is 6.92 Å². The van der Waals surface area contributed by atoms with Crippen LogP contribution in [-0.2, 0) is 4.74 Å². The quantitative estimate of drug-likeness (QED) is 0.779. The summed E-state index contributed by atoms with van der Waals surface area (Å²) in [6, 6.07) is 3.53. The van der Waals surface area contributed by atoms with E-state index in [1.165, 1.54) is 0 Å². The highest BCUT2D eigenvalue weighted by atomic mass is 16.5. The number of nitrogens with one attached hydrogen (secondary N) is 1. The molecule has 0 aliphatic rings. The molecule has 2 amide bonds. The predicted molar refractivity (Wildman–Crippen MR) is 78.1 cm³/mol. The Balaban J connectivity index is 2.50. The van der Waals surface area contributed by atoms with Gasteiger partial charge < -0.3 is 19.7 Å². The van der Waals surface area contributed by atoms with Crippen LogP contribution in [0.1, 0.15) is 20.3 Å². The van der Waals surface area contributed by atoms with E-state index >= 15 is 0 Å². The van der Waals surface area contributed by atoms with Crippen LogP contribution in [0.3, 0.4) is 0 Å². The molecule has 0 spiro atoms. The molecule has 0 aliphatic carbocycles. The number of hydrogen-bond donors (Lipinski definition) is 1. The minimum Gasteiger partial charge on any atom is -0.475 e. The SMILES string of the molecule is CCC(C)N(C)C(=O)Nc1ccc(OCCOC)nc1. The van der Waals surface area contributed by atoms with E-state index in [4.69, 9.17) is 9.47 Å². The fraction of sp³-hybridized carbons (Fsp3) is 0.571. The molecule has 0 bridgehead atoms. The summed E-state index contributed by atoms with van der Waals surface area (Å²) in [5.41, 5.74) is 0.643. The monoisotopic (exact) mass is 281 g/mol. The molecule has 1 N–H and O–H groups in total. The highest BCUT2D eigenvalue weighted by Crippen LogP contribution is 2.12. The molecule has 0 saturated heterocycles. The molecule has 6 nitrogen and oxygen atoms in total. The van der Waals surface area contributed by atoms with Crippen molar-refractivity contribution < 1.29 is 14.3 Å². The van der Waals surface area contributed by atoms with Crippen LogP contribution >= 0.6 is 0 Å². The highest BCUT2D eigenvalue weighted by Gasteiger charge is 2.14. The Morgan fingerprint density at radius 3 is 2.75 bits per heavy atom. The van der Waals surface area contributed by atoms with Crippen molar-refractivity contribution in [2.75, 3.05) is 32.7 Å². The first-order chi connectivity index (χ1) is 9.58. The van der Waals surface area contributed by atoms with Crippen LogP contribution in [0.2, 0.25) is 0 Å². The number of urea groups is 1. The molecule has 112 valence electrons. The first kappa shape index (κ1) is 16.2. The number of pyridine rings is 1. The number of amides is 2. The number of rotatable bonds is 7. The molecule has 0 aromatic carbocycles. The average molecular weight is 281 g/mol. The van der Waals surface area contributed by atoms with Gasteiger partial charge in [0, 0.05) is 26.3 Å². The van der Waals surface area contributed by atoms with Crippen molar-refractivity contribution in [1.29, 1.82) is 0 Å². The number of methoxy groups -OCH3 is 1. The second kappa shape index (κ2) is 8.37. The van der Waals surface area contributed by atoms with Crippen molar-refractivity contribution in [3.63, 3.8) is 0 Å². The van der Waals surface area contributed by atoms with Crippen LogP contribution in [0.5, 0.6) is 5.88 Å². The van der Waals surface area contributed by atoms with Crippen molar-refractivity contribution in [2.45, 2.75) is 26.3 Å². The van der Waals surface area contributed by atoms with Gasteiger partial charge in [-0.25, -0.2) is 9.78 Å². The molecule has 1 aromatic heterocycles. The van der Waals surface area contributed by atoms with E-state index in [1.54, 1.807) is 37.4 Å². The zero-order valence-electron chi connectivity index (χ0n) is 12.5. The molecule has 0 saturated carbocycles. The van der Waals surface area contributed by atoms with Gasteiger partial charge in [-0.2, -0.15) is 0 Å². The average Bonchev–Trinajstić information content (AvgIpc) is 2.47. The first-order valence-electron chi connectivity index (χ1n) is 6.70. The van der Waals surface area contributed by atoms with Crippen molar-refractivity contribution in [3.05, 3.63) is 18.3 Å². The maximum Gasteiger partial charge on any atom is 0.321 e. The van der Waals surface area contributed by atoms with Gasteiger partial charge in [0.05, 0.1) is 18.5 Å². The molecule has 0 radical (unpaired) electrons. The topological polar surface area (TPSA) is 63.7 Å². The van der Waals surface area contributed by atoms with E-state index in [0.29, 0.717) is 24.8 Å². The van der Waals surface area contributed by atoms with Crippen LogP contribution in [-0.4, -0.2) is 49.3 Å². The van der Waals surface area contributed by atoms with Gasteiger partial charge in [-0.3, -0.25) is 0 Å². The summed E-state index contributed by atoms with van der Waals surface area (Å²) in [4.78, 5) is 17.7. The minimum absolute atomic E-state index is 0.144. The fourth-order valence-corrected chi connectivity index (χ4v) is 1.45. The Bertz CT molecular complexity index is 409. The summed E-state index contributed by atoms with van der Waals surface area (Å²) in [6.07, 6.45) is 2.49. The van der Waals surface area contributed by atoms with Crippen LogP contribution in [0.25, 0.3) is 0 Å². The lowest BCUT2D eigenvalue weighted by Gasteiger charge is -2.24. The first-order valence-corrected chi connectivity index (χ1v) is 6.70. The molecule has 1 aromatic rings. The second-order valence-corrected chi connectivity index (χ2v) is 4.52. The van der Waals surface area contributed by atoms with Crippen molar-refractivity contribution in [1.82, 2.24) is 9.88 Å². The summed E-state index contributed by atoms with van der Waals surface area (Å²) >= 11 is 0. The van der Waals surface area contributed by atoms with E-state index in [2.05, 4.69) is 10.3 Å². The third kappa shape index (κ3) is 5.05. The van der Waals surface area contributed by atoms with Crippen molar-refractivity contribution in [3.8, 4) is 5.88 Å². The Kier molecular flexibility index (Phi) is 6.79. The van der Waals surface area contributed by atoms with Gasteiger partial charge >= 0.3 is 6.03 Å². The number of aromatic nitrogens is 1. The van der Waals surface area contributed by atoms with E-state index in [9.17, 15) is 4.79 Å². The van der Waals surface area contributed by atoms with Crippen LogP contribution < -0.4 is 10.1 Å². The Morgan fingerprint density at radius 2 is 2.20 bits per heavy atom. The molecule has 0 aliphatic heterocycles. The lowest BCUT2D eigenvalue weighted by molar-refractivity contribution is 0.144. The van der Waals surface area contributed by atoms with Gasteiger partial charge in [0.1, 0.15) is 6.61 Å². The largest absolute Gasteiger partial charge is 0.475 e. The Morgan fingerprint density at radius 1 is 1.45 bits per heavy atom. The fourth-order valence-electron chi connectivity index (χ4n) is 1.45. The molecule has 1 unspecified atom stereocenters. The summed E-state index contributed by atoms with van der Waals surface area (Å²) < 4.78 is 10.2. The number of carbonyl (C=O) groups excluding carboxylic acids is 1. The van der Waals surface area contributed by atoms with E-state index < -0.39 is 0 Å². The summed E-state index contributed by atoms with van der Waals surface area (Å²) in [5.74, 6) is 0.510. The Labute approximate surface area is 120 Å². The highest BCUT2D eigenvalue weighted by molar-refractivity contribution is 5.89. The maximum absolute atomic E-state index is 11.9. The normalized spacial score (nSPS) is 11.8. The maximum atomic E-state index is 11.9. The zero-order chi connectivity index (χ0) is 15.0. The third-order valence-corrected chi connectivity index (χ3v) is 3.10. The molecule has 1 heterocycles. The molecule has 1 rings (SSSR count). The summed E-state index contributed by atoms with van der Waals surface area (Å²) in [5, 5.41) is 2.80. The van der Waals surface area contributed by atoms with E-state index in [0.717, 1.165) is 6.42 Å². The summed E-state index contributed by atoms with van der Waals surface area (Å²) in [7, 11) is 3.39. The van der Waals surface area contributed by atoms with Gasteiger partial charge in [-0.05, 0) is 19.4 Å². The lowest BCUT2D eigenvalue weighted by Crippen LogP contribution is -2.37. The Hall–Kier alpha value is -1.82. The van der Waals surface area contributed by atoms with Gasteiger partial charge in [0.2, 0.25) is 5.88 Å². The lowest BCUT2D eigenvalue weighted by atomic mass is 10.2. The van der Waals surface area contributed by atoms with Crippen molar-refractivity contribution in [2.24, 2.45) is 0 Å². The molecule has 1 atom stereocenters.